The number of hydrogen-bond acceptors (Lipinski definition) is 1. The van der Waals surface area contributed by atoms with Gasteiger partial charge in [-0.25, -0.2) is 4.99 Å². The fourth-order valence-electron chi connectivity index (χ4n) is 1.93. The molecule has 0 fully saturated rings. The molecule has 1 heteroatoms. The summed E-state index contributed by atoms with van der Waals surface area (Å²) in [6.07, 6.45) is 7.52. The van der Waals surface area contributed by atoms with Crippen molar-refractivity contribution in [2.24, 2.45) is 4.99 Å². The molecule has 1 heterocycles. The van der Waals surface area contributed by atoms with Crippen LogP contribution in [0.3, 0.4) is 0 Å². The van der Waals surface area contributed by atoms with E-state index in [0.29, 0.717) is 0 Å². The number of aryl methyl sites for hydroxylation is 1. The maximum absolute atomic E-state index is 4.36. The summed E-state index contributed by atoms with van der Waals surface area (Å²) in [4.78, 5) is 4.36. The van der Waals surface area contributed by atoms with Gasteiger partial charge in [-0.15, -0.1) is 0 Å². The zero-order valence-corrected chi connectivity index (χ0v) is 9.96. The number of hydrogen-bond donors (Lipinski definition) is 0. The first kappa shape index (κ1) is 10.9. The highest BCUT2D eigenvalue weighted by molar-refractivity contribution is 5.97. The number of aliphatic imine (C=N–C) groups is 1. The largest absolute Gasteiger partial charge is 0.247 e. The van der Waals surface area contributed by atoms with Crippen LogP contribution < -0.4 is 0 Å². The minimum absolute atomic E-state index is 0.958. The molecular formula is C15H17N. The zero-order valence-electron chi connectivity index (χ0n) is 9.96. The van der Waals surface area contributed by atoms with Gasteiger partial charge in [0.25, 0.3) is 0 Å². The predicted octanol–water partition coefficient (Wildman–Crippen LogP) is 3.98. The van der Waals surface area contributed by atoms with E-state index in [4.69, 9.17) is 0 Å². The van der Waals surface area contributed by atoms with Crippen LogP contribution >= 0.6 is 0 Å². The first-order valence-corrected chi connectivity index (χ1v) is 5.94. The second-order valence-electron chi connectivity index (χ2n) is 4.06. The highest BCUT2D eigenvalue weighted by atomic mass is 14.8. The Morgan fingerprint density at radius 3 is 3.00 bits per heavy atom. The van der Waals surface area contributed by atoms with E-state index in [1.54, 1.807) is 0 Å². The van der Waals surface area contributed by atoms with Crippen LogP contribution in [0.1, 0.15) is 43.4 Å². The topological polar surface area (TPSA) is 12.4 Å². The van der Waals surface area contributed by atoms with Gasteiger partial charge in [0.2, 0.25) is 0 Å². The van der Waals surface area contributed by atoms with Gasteiger partial charge in [0, 0.05) is 17.3 Å². The smallest absolute Gasteiger partial charge is 0.112 e. The number of nitrogens with zero attached hydrogens (tertiary/aromatic N) is 1. The standard InChI is InChI=1S/C15H17N/c1-3-5-7-12-8-9-14-13(10-12)11-16-15(14)6-4-2/h4,8-11H,3,5,7H2,1-2H3. The summed E-state index contributed by atoms with van der Waals surface area (Å²) in [5.74, 6) is 0. The third-order valence-electron chi connectivity index (χ3n) is 2.80. The molecule has 0 bridgehead atoms. The van der Waals surface area contributed by atoms with Crippen LogP contribution in [0.4, 0.5) is 0 Å². The van der Waals surface area contributed by atoms with E-state index in [0.717, 1.165) is 5.70 Å². The number of rotatable bonds is 3. The molecule has 0 atom stereocenters. The molecule has 1 aromatic carbocycles. The lowest BCUT2D eigenvalue weighted by Gasteiger charge is -2.02. The van der Waals surface area contributed by atoms with Crippen molar-refractivity contribution in [3.63, 3.8) is 0 Å². The van der Waals surface area contributed by atoms with Crippen LogP contribution in [0.5, 0.6) is 0 Å². The molecule has 0 N–H and O–H groups in total. The molecule has 1 aliphatic heterocycles. The van der Waals surface area contributed by atoms with Gasteiger partial charge >= 0.3 is 0 Å². The van der Waals surface area contributed by atoms with Crippen molar-refractivity contribution in [3.05, 3.63) is 46.7 Å². The van der Waals surface area contributed by atoms with Gasteiger partial charge < -0.3 is 0 Å². The molecule has 0 aliphatic carbocycles. The predicted molar refractivity (Wildman–Crippen MR) is 69.8 cm³/mol. The van der Waals surface area contributed by atoms with Crippen molar-refractivity contribution in [1.29, 1.82) is 0 Å². The first-order chi connectivity index (χ1) is 7.85. The Bertz CT molecular complexity index is 474. The van der Waals surface area contributed by atoms with Gasteiger partial charge in [0.05, 0.1) is 0 Å². The molecule has 0 radical (unpaired) electrons. The third kappa shape index (κ3) is 2.15. The Morgan fingerprint density at radius 2 is 2.25 bits per heavy atom. The summed E-state index contributed by atoms with van der Waals surface area (Å²) < 4.78 is 0. The van der Waals surface area contributed by atoms with Crippen molar-refractivity contribution in [2.75, 3.05) is 0 Å². The molecule has 1 aromatic rings. The van der Waals surface area contributed by atoms with Crippen molar-refractivity contribution in [3.8, 4) is 0 Å². The maximum atomic E-state index is 4.36. The first-order valence-electron chi connectivity index (χ1n) is 5.94. The van der Waals surface area contributed by atoms with Crippen molar-refractivity contribution in [1.82, 2.24) is 0 Å². The molecule has 1 aliphatic rings. The van der Waals surface area contributed by atoms with E-state index < -0.39 is 0 Å². The van der Waals surface area contributed by atoms with Crippen LogP contribution in [0, 0.1) is 0 Å². The van der Waals surface area contributed by atoms with Crippen molar-refractivity contribution >= 4 is 11.9 Å². The molecule has 0 aromatic heterocycles. The SMILES string of the molecule is CC=C=C1N=Cc2cc(CCCC)ccc21. The Hall–Kier alpha value is -1.59. The summed E-state index contributed by atoms with van der Waals surface area (Å²) in [6.45, 7) is 4.19. The molecule has 0 amide bonds. The lowest BCUT2D eigenvalue weighted by Crippen LogP contribution is -1.89. The van der Waals surface area contributed by atoms with Gasteiger partial charge in [-0.2, -0.15) is 0 Å². The molecule has 0 saturated heterocycles. The van der Waals surface area contributed by atoms with Gasteiger partial charge in [-0.3, -0.25) is 0 Å². The van der Waals surface area contributed by atoms with Crippen molar-refractivity contribution < 1.29 is 0 Å². The molecule has 1 nitrogen and oxygen atoms in total. The monoisotopic (exact) mass is 211 g/mol. The number of benzene rings is 1. The minimum Gasteiger partial charge on any atom is -0.247 e. The highest BCUT2D eigenvalue weighted by Crippen LogP contribution is 2.25. The van der Waals surface area contributed by atoms with Gasteiger partial charge in [-0.1, -0.05) is 31.2 Å². The quantitative estimate of drug-likeness (QED) is 0.671. The minimum atomic E-state index is 0.958. The summed E-state index contributed by atoms with van der Waals surface area (Å²) in [7, 11) is 0. The van der Waals surface area contributed by atoms with Crippen LogP contribution in [0.15, 0.2) is 35.0 Å². The van der Waals surface area contributed by atoms with E-state index in [9.17, 15) is 0 Å². The normalized spacial score (nSPS) is 12.5. The lowest BCUT2D eigenvalue weighted by atomic mass is 10.0. The van der Waals surface area contributed by atoms with Crippen molar-refractivity contribution in [2.45, 2.75) is 33.1 Å². The summed E-state index contributed by atoms with van der Waals surface area (Å²) >= 11 is 0. The van der Waals surface area contributed by atoms with Gasteiger partial charge in [0.15, 0.2) is 0 Å². The fourth-order valence-corrected chi connectivity index (χ4v) is 1.93. The van der Waals surface area contributed by atoms with E-state index in [1.807, 2.05) is 19.2 Å². The molecule has 0 saturated carbocycles. The molecule has 2 rings (SSSR count). The maximum Gasteiger partial charge on any atom is 0.112 e. The van der Waals surface area contributed by atoms with Crippen LogP contribution in [-0.4, -0.2) is 6.21 Å². The summed E-state index contributed by atoms with van der Waals surface area (Å²) in [6, 6.07) is 6.62. The highest BCUT2D eigenvalue weighted by Gasteiger charge is 2.11. The number of fused-ring (bicyclic) bond motifs is 1. The van der Waals surface area contributed by atoms with Gasteiger partial charge in [-0.05, 0) is 37.5 Å². The second-order valence-corrected chi connectivity index (χ2v) is 4.06. The summed E-state index contributed by atoms with van der Waals surface area (Å²) in [5, 5.41) is 0. The molecule has 16 heavy (non-hydrogen) atoms. The van der Waals surface area contributed by atoms with E-state index in [1.165, 1.54) is 36.0 Å². The van der Waals surface area contributed by atoms with Crippen LogP contribution in [0.2, 0.25) is 0 Å². The van der Waals surface area contributed by atoms with Crippen LogP contribution in [0.25, 0.3) is 5.70 Å². The molecular weight excluding hydrogens is 194 g/mol. The molecule has 0 spiro atoms. The number of unbranched alkanes of at least 4 members (excludes halogenated alkanes) is 1. The van der Waals surface area contributed by atoms with E-state index in [-0.39, 0.29) is 0 Å². The zero-order chi connectivity index (χ0) is 11.4. The second kappa shape index (κ2) is 4.96. The lowest BCUT2D eigenvalue weighted by molar-refractivity contribution is 0.795. The van der Waals surface area contributed by atoms with E-state index in [2.05, 4.69) is 35.8 Å². The Balaban J connectivity index is 2.29. The molecule has 0 unspecified atom stereocenters. The third-order valence-corrected chi connectivity index (χ3v) is 2.80. The average Bonchev–Trinajstić information content (AvgIpc) is 2.70. The average molecular weight is 211 g/mol. The Labute approximate surface area is 97.2 Å². The molecule has 82 valence electrons. The van der Waals surface area contributed by atoms with E-state index >= 15 is 0 Å². The Kier molecular flexibility index (Phi) is 3.38. The number of allylic oxidation sites excluding steroid dienone is 1. The summed E-state index contributed by atoms with van der Waals surface area (Å²) in [5.41, 5.74) is 7.97. The van der Waals surface area contributed by atoms with Crippen LogP contribution in [-0.2, 0) is 6.42 Å². The fraction of sp³-hybridized carbons (Fsp3) is 0.333. The van der Waals surface area contributed by atoms with Gasteiger partial charge in [0.1, 0.15) is 5.70 Å². The Morgan fingerprint density at radius 1 is 1.38 bits per heavy atom.